The number of aliphatic hydroxyl groups excluding tert-OH is 1. The van der Waals surface area contributed by atoms with Gasteiger partial charge < -0.3 is 9.84 Å². The van der Waals surface area contributed by atoms with Gasteiger partial charge in [-0.25, -0.2) is 4.98 Å². The van der Waals surface area contributed by atoms with E-state index in [0.29, 0.717) is 5.92 Å². The highest BCUT2D eigenvalue weighted by Gasteiger charge is 2.74. The SMILES string of the molecule is OC1CC2OC1C1(c3ccnc(F)c3)CC21. The van der Waals surface area contributed by atoms with E-state index in [4.69, 9.17) is 4.74 Å². The molecule has 0 amide bonds. The number of rotatable bonds is 1. The third-order valence-electron chi connectivity index (χ3n) is 4.42. The average molecular weight is 221 g/mol. The van der Waals surface area contributed by atoms with Crippen molar-refractivity contribution >= 4 is 0 Å². The Balaban J connectivity index is 1.80. The lowest BCUT2D eigenvalue weighted by Crippen LogP contribution is -2.35. The van der Waals surface area contributed by atoms with E-state index >= 15 is 0 Å². The average Bonchev–Trinajstić information content (AvgIpc) is 2.83. The molecule has 0 aromatic carbocycles. The molecule has 2 saturated heterocycles. The Hall–Kier alpha value is -1.00. The van der Waals surface area contributed by atoms with E-state index in [9.17, 15) is 9.50 Å². The van der Waals surface area contributed by atoms with Gasteiger partial charge in [-0.1, -0.05) is 0 Å². The molecule has 84 valence electrons. The van der Waals surface area contributed by atoms with Crippen molar-refractivity contribution in [1.82, 2.24) is 4.98 Å². The van der Waals surface area contributed by atoms with Crippen LogP contribution < -0.4 is 0 Å². The monoisotopic (exact) mass is 221 g/mol. The highest BCUT2D eigenvalue weighted by molar-refractivity contribution is 5.40. The molecule has 1 aliphatic carbocycles. The van der Waals surface area contributed by atoms with Gasteiger partial charge in [0, 0.05) is 18.0 Å². The van der Waals surface area contributed by atoms with Crippen molar-refractivity contribution in [2.24, 2.45) is 5.92 Å². The first-order valence-electron chi connectivity index (χ1n) is 5.67. The van der Waals surface area contributed by atoms with Gasteiger partial charge in [0.1, 0.15) is 0 Å². The summed E-state index contributed by atoms with van der Waals surface area (Å²) in [6, 6.07) is 3.33. The highest BCUT2D eigenvalue weighted by atomic mass is 19.1. The molecule has 1 aromatic heterocycles. The molecule has 0 spiro atoms. The molecular formula is C12H12FNO2. The summed E-state index contributed by atoms with van der Waals surface area (Å²) in [5.74, 6) is 0.0255. The van der Waals surface area contributed by atoms with Gasteiger partial charge in [0.25, 0.3) is 0 Å². The summed E-state index contributed by atoms with van der Waals surface area (Å²) >= 11 is 0. The van der Waals surface area contributed by atoms with Gasteiger partial charge in [0.2, 0.25) is 5.95 Å². The zero-order valence-corrected chi connectivity index (χ0v) is 8.64. The quantitative estimate of drug-likeness (QED) is 0.720. The van der Waals surface area contributed by atoms with Crippen LogP contribution in [0.15, 0.2) is 18.3 Å². The predicted octanol–water partition coefficient (Wildman–Crippen LogP) is 1.01. The Labute approximate surface area is 92.3 Å². The minimum atomic E-state index is -0.449. The molecule has 16 heavy (non-hydrogen) atoms. The number of aromatic nitrogens is 1. The van der Waals surface area contributed by atoms with Crippen molar-refractivity contribution in [2.75, 3.05) is 0 Å². The molecule has 1 N–H and O–H groups in total. The van der Waals surface area contributed by atoms with E-state index in [2.05, 4.69) is 4.98 Å². The summed E-state index contributed by atoms with van der Waals surface area (Å²) in [6.07, 6.45) is 2.90. The number of ether oxygens (including phenoxy) is 1. The summed E-state index contributed by atoms with van der Waals surface area (Å²) in [5, 5.41) is 9.88. The highest BCUT2D eigenvalue weighted by Crippen LogP contribution is 2.68. The topological polar surface area (TPSA) is 42.4 Å². The normalized spacial score (nSPS) is 48.1. The number of pyridine rings is 1. The van der Waals surface area contributed by atoms with Gasteiger partial charge in [-0.3, -0.25) is 0 Å². The maximum Gasteiger partial charge on any atom is 0.213 e. The van der Waals surface area contributed by atoms with E-state index in [1.165, 1.54) is 12.3 Å². The van der Waals surface area contributed by atoms with Crippen LogP contribution in [0.3, 0.4) is 0 Å². The number of hydrogen-bond donors (Lipinski definition) is 1. The van der Waals surface area contributed by atoms with E-state index < -0.39 is 5.95 Å². The first kappa shape index (κ1) is 9.07. The molecule has 3 nitrogen and oxygen atoms in total. The molecule has 1 aromatic rings. The van der Waals surface area contributed by atoms with Crippen LogP contribution in [0.4, 0.5) is 4.39 Å². The van der Waals surface area contributed by atoms with Gasteiger partial charge >= 0.3 is 0 Å². The Morgan fingerprint density at radius 1 is 1.56 bits per heavy atom. The van der Waals surface area contributed by atoms with Gasteiger partial charge in [-0.05, 0) is 30.0 Å². The second-order valence-corrected chi connectivity index (χ2v) is 5.12. The maximum absolute atomic E-state index is 13.1. The summed E-state index contributed by atoms with van der Waals surface area (Å²) in [5.41, 5.74) is 0.822. The predicted molar refractivity (Wildman–Crippen MR) is 53.3 cm³/mol. The van der Waals surface area contributed by atoms with Gasteiger partial charge in [0.15, 0.2) is 0 Å². The van der Waals surface area contributed by atoms with Gasteiger partial charge in [0.05, 0.1) is 18.3 Å². The van der Waals surface area contributed by atoms with Crippen LogP contribution in [0.1, 0.15) is 18.4 Å². The molecule has 0 radical (unpaired) electrons. The lowest BCUT2D eigenvalue weighted by Gasteiger charge is -2.24. The zero-order chi connectivity index (χ0) is 10.9. The molecule has 3 heterocycles. The Morgan fingerprint density at radius 2 is 2.44 bits per heavy atom. The second-order valence-electron chi connectivity index (χ2n) is 5.12. The fraction of sp³-hybridized carbons (Fsp3) is 0.583. The standard InChI is InChI=1S/C12H12FNO2/c13-10-3-6(1-2-14-10)12-5-7(12)9-4-8(15)11(12)16-9/h1-3,7-9,11,15H,4-5H2. The van der Waals surface area contributed by atoms with Crippen molar-refractivity contribution in [3.05, 3.63) is 29.8 Å². The molecule has 4 heteroatoms. The Morgan fingerprint density at radius 3 is 3.19 bits per heavy atom. The lowest BCUT2D eigenvalue weighted by atomic mass is 9.81. The Kier molecular flexibility index (Phi) is 1.49. The van der Waals surface area contributed by atoms with Crippen LogP contribution in [0.25, 0.3) is 0 Å². The van der Waals surface area contributed by atoms with Crippen LogP contribution in [0.5, 0.6) is 0 Å². The molecule has 3 aliphatic rings. The fourth-order valence-electron chi connectivity index (χ4n) is 3.70. The van der Waals surface area contributed by atoms with E-state index in [1.807, 2.05) is 6.07 Å². The lowest BCUT2D eigenvalue weighted by molar-refractivity contribution is 0.0223. The van der Waals surface area contributed by atoms with Crippen molar-refractivity contribution in [1.29, 1.82) is 0 Å². The maximum atomic E-state index is 13.1. The summed E-state index contributed by atoms with van der Waals surface area (Å²) < 4.78 is 18.9. The summed E-state index contributed by atoms with van der Waals surface area (Å²) in [7, 11) is 0. The Bertz CT molecular complexity index is 466. The molecular weight excluding hydrogens is 209 g/mol. The first-order valence-corrected chi connectivity index (χ1v) is 5.67. The van der Waals surface area contributed by atoms with Crippen molar-refractivity contribution in [3.8, 4) is 0 Å². The molecule has 2 bridgehead atoms. The number of nitrogens with zero attached hydrogens (tertiary/aromatic N) is 1. The second kappa shape index (κ2) is 2.63. The number of fused-ring (bicyclic) bond motifs is 5. The van der Waals surface area contributed by atoms with Gasteiger partial charge in [-0.2, -0.15) is 4.39 Å². The number of aliphatic hydroxyl groups is 1. The largest absolute Gasteiger partial charge is 0.390 e. The number of halogens is 1. The third-order valence-corrected chi connectivity index (χ3v) is 4.42. The van der Waals surface area contributed by atoms with Gasteiger partial charge in [-0.15, -0.1) is 0 Å². The molecule has 4 rings (SSSR count). The van der Waals surface area contributed by atoms with Crippen molar-refractivity contribution in [2.45, 2.75) is 36.6 Å². The van der Waals surface area contributed by atoms with Crippen LogP contribution in [-0.4, -0.2) is 28.4 Å². The summed E-state index contributed by atoms with van der Waals surface area (Å²) in [6.45, 7) is 0. The minimum absolute atomic E-state index is 0.119. The number of hydrogen-bond acceptors (Lipinski definition) is 3. The van der Waals surface area contributed by atoms with E-state index in [0.717, 1.165) is 18.4 Å². The molecule has 1 saturated carbocycles. The van der Waals surface area contributed by atoms with Crippen LogP contribution in [0.2, 0.25) is 0 Å². The van der Waals surface area contributed by atoms with Crippen LogP contribution >= 0.6 is 0 Å². The molecule has 5 unspecified atom stereocenters. The van der Waals surface area contributed by atoms with Crippen LogP contribution in [-0.2, 0) is 10.2 Å². The third kappa shape index (κ3) is 0.885. The van der Waals surface area contributed by atoms with Crippen molar-refractivity contribution < 1.29 is 14.2 Å². The van der Waals surface area contributed by atoms with Crippen molar-refractivity contribution in [3.63, 3.8) is 0 Å². The fourth-order valence-corrected chi connectivity index (χ4v) is 3.70. The van der Waals surface area contributed by atoms with E-state index in [1.54, 1.807) is 0 Å². The molecule has 5 atom stereocenters. The van der Waals surface area contributed by atoms with E-state index in [-0.39, 0.29) is 23.7 Å². The minimum Gasteiger partial charge on any atom is -0.390 e. The summed E-state index contributed by atoms with van der Waals surface area (Å²) in [4.78, 5) is 3.57. The van der Waals surface area contributed by atoms with Crippen LogP contribution in [0, 0.1) is 11.9 Å². The smallest absolute Gasteiger partial charge is 0.213 e. The zero-order valence-electron chi connectivity index (χ0n) is 8.64. The molecule has 3 fully saturated rings. The molecule has 2 aliphatic heterocycles. The first-order chi connectivity index (χ1) is 7.72.